The molecule has 2 aromatic rings. The molecular weight excluding hydrogens is 332 g/mol. The maximum atomic E-state index is 13.6. The molecule has 2 aromatic carbocycles. The lowest BCUT2D eigenvalue weighted by Crippen LogP contribution is -2.15. The van der Waals surface area contributed by atoms with Crippen molar-refractivity contribution in [3.8, 4) is 0 Å². The summed E-state index contributed by atoms with van der Waals surface area (Å²) >= 11 is 4.89. The predicted molar refractivity (Wildman–Crippen MR) is 78.2 cm³/mol. The Hall–Kier alpha value is -0.910. The van der Waals surface area contributed by atoms with Gasteiger partial charge in [0.2, 0.25) is 0 Å². The lowest BCUT2D eigenvalue weighted by molar-refractivity contribution is 0.493. The van der Waals surface area contributed by atoms with Crippen LogP contribution in [0, 0.1) is 11.6 Å². The summed E-state index contributed by atoms with van der Waals surface area (Å²) in [5.74, 6) is -1.23. The molecule has 1 atom stereocenters. The highest BCUT2D eigenvalue weighted by atomic mass is 79.9. The zero-order chi connectivity index (χ0) is 13.8. The highest BCUT2D eigenvalue weighted by Gasteiger charge is 2.14. The highest BCUT2D eigenvalue weighted by Crippen LogP contribution is 2.27. The van der Waals surface area contributed by atoms with Crippen molar-refractivity contribution in [1.29, 1.82) is 0 Å². The van der Waals surface area contributed by atoms with Crippen molar-refractivity contribution in [3.63, 3.8) is 0 Å². The first kappa shape index (κ1) is 14.5. The van der Waals surface area contributed by atoms with E-state index in [9.17, 15) is 8.78 Å². The third-order valence-corrected chi connectivity index (χ3v) is 4.21. The zero-order valence-electron chi connectivity index (χ0n) is 9.95. The predicted octanol–water partition coefficient (Wildman–Crippen LogP) is 4.52. The normalized spacial score (nSPS) is 12.4. The fourth-order valence-electron chi connectivity index (χ4n) is 1.64. The topological polar surface area (TPSA) is 26.0 Å². The lowest BCUT2D eigenvalue weighted by atomic mass is 10.1. The first-order chi connectivity index (χ1) is 9.08. The van der Waals surface area contributed by atoms with Gasteiger partial charge in [0.25, 0.3) is 0 Å². The lowest BCUT2D eigenvalue weighted by Gasteiger charge is -2.13. The summed E-state index contributed by atoms with van der Waals surface area (Å²) in [6.07, 6.45) is 0. The highest BCUT2D eigenvalue weighted by molar-refractivity contribution is 9.10. The van der Waals surface area contributed by atoms with Gasteiger partial charge < -0.3 is 5.73 Å². The second kappa shape index (κ2) is 6.50. The van der Waals surface area contributed by atoms with Crippen molar-refractivity contribution in [2.24, 2.45) is 5.73 Å². The van der Waals surface area contributed by atoms with Gasteiger partial charge in [-0.25, -0.2) is 8.78 Å². The number of halogens is 3. The van der Waals surface area contributed by atoms with E-state index in [2.05, 4.69) is 15.9 Å². The minimum Gasteiger partial charge on any atom is -0.323 e. The van der Waals surface area contributed by atoms with E-state index >= 15 is 0 Å². The van der Waals surface area contributed by atoms with Crippen LogP contribution < -0.4 is 5.73 Å². The molecule has 0 saturated carbocycles. The van der Waals surface area contributed by atoms with E-state index in [1.807, 2.05) is 24.3 Å². The Morgan fingerprint density at radius 3 is 2.63 bits per heavy atom. The molecule has 0 fully saturated rings. The number of hydrogen-bond acceptors (Lipinski definition) is 2. The summed E-state index contributed by atoms with van der Waals surface area (Å²) in [4.78, 5) is 1.03. The van der Waals surface area contributed by atoms with Crippen LogP contribution in [0.5, 0.6) is 0 Å². The molecule has 2 N–H and O–H groups in total. The van der Waals surface area contributed by atoms with Crippen molar-refractivity contribution in [3.05, 3.63) is 64.1 Å². The molecule has 0 aliphatic carbocycles. The number of benzene rings is 2. The van der Waals surface area contributed by atoms with Crippen LogP contribution in [0.4, 0.5) is 8.78 Å². The fraction of sp³-hybridized carbons (Fsp3) is 0.143. The van der Waals surface area contributed by atoms with Crippen LogP contribution in [0.25, 0.3) is 0 Å². The van der Waals surface area contributed by atoms with Gasteiger partial charge in [-0.05, 0) is 24.3 Å². The molecule has 100 valence electrons. The average molecular weight is 344 g/mol. The summed E-state index contributed by atoms with van der Waals surface area (Å²) in [6.45, 7) is 0. The molecule has 0 bridgehead atoms. The Labute approximate surface area is 123 Å². The second-order valence-corrected chi connectivity index (χ2v) is 6.03. The van der Waals surface area contributed by atoms with Crippen molar-refractivity contribution in [2.75, 3.05) is 5.75 Å². The molecule has 0 aliphatic rings. The molecule has 1 nitrogen and oxygen atoms in total. The first-order valence-corrected chi connectivity index (χ1v) is 7.43. The summed E-state index contributed by atoms with van der Waals surface area (Å²) in [5, 5.41) is 0. The van der Waals surface area contributed by atoms with E-state index in [1.54, 1.807) is 0 Å². The molecular formula is C14H12BrF2NS. The van der Waals surface area contributed by atoms with Crippen LogP contribution in [-0.2, 0) is 0 Å². The standard InChI is InChI=1S/C14H12BrF2NS/c15-9-3-1-4-10(7-9)19-8-13(18)11-5-2-6-12(16)14(11)17/h1-7,13H,8,18H2. The second-order valence-electron chi connectivity index (χ2n) is 4.02. The maximum absolute atomic E-state index is 13.6. The van der Waals surface area contributed by atoms with Crippen LogP contribution in [-0.4, -0.2) is 5.75 Å². The van der Waals surface area contributed by atoms with Crippen molar-refractivity contribution in [1.82, 2.24) is 0 Å². The van der Waals surface area contributed by atoms with Crippen LogP contribution in [0.1, 0.15) is 11.6 Å². The number of nitrogens with two attached hydrogens (primary N) is 1. The minimum atomic E-state index is -0.861. The molecule has 0 spiro atoms. The number of thioether (sulfide) groups is 1. The number of rotatable bonds is 4. The minimum absolute atomic E-state index is 0.211. The molecule has 19 heavy (non-hydrogen) atoms. The number of hydrogen-bond donors (Lipinski definition) is 1. The molecule has 2 rings (SSSR count). The Bertz CT molecular complexity index is 577. The van der Waals surface area contributed by atoms with E-state index in [0.717, 1.165) is 15.4 Å². The van der Waals surface area contributed by atoms with Crippen LogP contribution in [0.3, 0.4) is 0 Å². The van der Waals surface area contributed by atoms with Crippen molar-refractivity contribution < 1.29 is 8.78 Å². The van der Waals surface area contributed by atoms with Gasteiger partial charge in [-0.2, -0.15) is 0 Å². The van der Waals surface area contributed by atoms with Crippen molar-refractivity contribution >= 4 is 27.7 Å². The molecule has 0 amide bonds. The molecule has 5 heteroatoms. The zero-order valence-corrected chi connectivity index (χ0v) is 12.3. The van der Waals surface area contributed by atoms with Gasteiger partial charge in [0, 0.05) is 26.7 Å². The fourth-order valence-corrected chi connectivity index (χ4v) is 3.13. The first-order valence-electron chi connectivity index (χ1n) is 5.66. The van der Waals surface area contributed by atoms with Gasteiger partial charge in [0.15, 0.2) is 11.6 Å². The third-order valence-electron chi connectivity index (χ3n) is 2.61. The average Bonchev–Trinajstić information content (AvgIpc) is 2.39. The van der Waals surface area contributed by atoms with Gasteiger partial charge in [0.1, 0.15) is 0 Å². The Kier molecular flexibility index (Phi) is 4.96. The van der Waals surface area contributed by atoms with Gasteiger partial charge in [0.05, 0.1) is 0 Å². The van der Waals surface area contributed by atoms with E-state index in [1.165, 1.54) is 23.9 Å². The maximum Gasteiger partial charge on any atom is 0.163 e. The molecule has 0 saturated heterocycles. The molecule has 0 heterocycles. The summed E-state index contributed by atoms with van der Waals surface area (Å²) in [7, 11) is 0. The van der Waals surface area contributed by atoms with E-state index in [-0.39, 0.29) is 5.56 Å². The molecule has 1 unspecified atom stereocenters. The van der Waals surface area contributed by atoms with E-state index in [0.29, 0.717) is 5.75 Å². The Morgan fingerprint density at radius 2 is 1.89 bits per heavy atom. The smallest absolute Gasteiger partial charge is 0.163 e. The molecule has 0 radical (unpaired) electrons. The monoisotopic (exact) mass is 343 g/mol. The SMILES string of the molecule is NC(CSc1cccc(Br)c1)c1cccc(F)c1F. The van der Waals surface area contributed by atoms with Gasteiger partial charge in [-0.3, -0.25) is 0 Å². The van der Waals surface area contributed by atoms with Crippen LogP contribution >= 0.6 is 27.7 Å². The van der Waals surface area contributed by atoms with Gasteiger partial charge in [-0.1, -0.05) is 34.1 Å². The molecule has 0 aromatic heterocycles. The van der Waals surface area contributed by atoms with Gasteiger partial charge in [-0.15, -0.1) is 11.8 Å². The van der Waals surface area contributed by atoms with Gasteiger partial charge >= 0.3 is 0 Å². The van der Waals surface area contributed by atoms with E-state index < -0.39 is 17.7 Å². The molecule has 0 aliphatic heterocycles. The summed E-state index contributed by atoms with van der Waals surface area (Å²) in [6, 6.07) is 11.3. The van der Waals surface area contributed by atoms with Crippen molar-refractivity contribution in [2.45, 2.75) is 10.9 Å². The Morgan fingerprint density at radius 1 is 1.16 bits per heavy atom. The summed E-state index contributed by atoms with van der Waals surface area (Å²) < 4.78 is 27.7. The Balaban J connectivity index is 2.05. The largest absolute Gasteiger partial charge is 0.323 e. The summed E-state index contributed by atoms with van der Waals surface area (Å²) in [5.41, 5.74) is 6.12. The van der Waals surface area contributed by atoms with Crippen LogP contribution in [0.2, 0.25) is 0 Å². The quantitative estimate of drug-likeness (QED) is 0.826. The third kappa shape index (κ3) is 3.78. The van der Waals surface area contributed by atoms with E-state index in [4.69, 9.17) is 5.73 Å². The van der Waals surface area contributed by atoms with Crippen LogP contribution in [0.15, 0.2) is 51.8 Å².